The molecule has 3 nitrogen and oxygen atoms in total. The molecule has 0 bridgehead atoms. The van der Waals surface area contributed by atoms with Gasteiger partial charge >= 0.3 is 0 Å². The first-order valence-corrected chi connectivity index (χ1v) is 7.56. The van der Waals surface area contributed by atoms with Gasteiger partial charge in [0.15, 0.2) is 0 Å². The first-order valence-electron chi connectivity index (χ1n) is 7.56. The number of nitrogens with zero attached hydrogens (tertiary/aromatic N) is 2. The van der Waals surface area contributed by atoms with Gasteiger partial charge in [-0.05, 0) is 36.4 Å². The van der Waals surface area contributed by atoms with Gasteiger partial charge in [0.25, 0.3) is 0 Å². The van der Waals surface area contributed by atoms with Crippen LogP contribution in [0.15, 0.2) is 36.8 Å². The Morgan fingerprint density at radius 3 is 2.75 bits per heavy atom. The van der Waals surface area contributed by atoms with E-state index >= 15 is 0 Å². The maximum atomic E-state index is 4.33. The van der Waals surface area contributed by atoms with Crippen LogP contribution in [0.4, 0.5) is 0 Å². The molecule has 0 saturated carbocycles. The fourth-order valence-electron chi connectivity index (χ4n) is 2.89. The van der Waals surface area contributed by atoms with Gasteiger partial charge in [0, 0.05) is 18.8 Å². The molecule has 2 heterocycles. The van der Waals surface area contributed by atoms with Crippen molar-refractivity contribution in [1.29, 1.82) is 0 Å². The monoisotopic (exact) mass is 269 g/mol. The van der Waals surface area contributed by atoms with Crippen LogP contribution in [0.5, 0.6) is 0 Å². The largest absolute Gasteiger partial charge is 0.329 e. The molecule has 3 rings (SSSR count). The quantitative estimate of drug-likeness (QED) is 0.921. The molecule has 1 aromatic carbocycles. The van der Waals surface area contributed by atoms with Crippen molar-refractivity contribution in [3.05, 3.63) is 53.6 Å². The lowest BCUT2D eigenvalue weighted by Gasteiger charge is -2.14. The summed E-state index contributed by atoms with van der Waals surface area (Å²) < 4.78 is 2.27. The Morgan fingerprint density at radius 2 is 2.10 bits per heavy atom. The molecule has 106 valence electrons. The molecule has 20 heavy (non-hydrogen) atoms. The van der Waals surface area contributed by atoms with E-state index in [0.29, 0.717) is 12.0 Å². The maximum absolute atomic E-state index is 4.33. The number of aromatic nitrogens is 2. The third kappa shape index (κ3) is 2.78. The zero-order chi connectivity index (χ0) is 13.9. The summed E-state index contributed by atoms with van der Waals surface area (Å²) in [4.78, 5) is 4.33. The topological polar surface area (TPSA) is 29.9 Å². The highest BCUT2D eigenvalue weighted by atomic mass is 15.1. The predicted octanol–water partition coefficient (Wildman–Crippen LogP) is 3.48. The first-order chi connectivity index (χ1) is 9.74. The standard InChI is InChI=1S/C17H23N3/c1-13(2)15-7-5-14(6-8-15)11-20-12-18-10-17(20)16-4-3-9-19-16/h5-8,10,12-13,16,19H,3-4,9,11H2,1-2H3/t16-/m0/s1. The Morgan fingerprint density at radius 1 is 1.30 bits per heavy atom. The van der Waals surface area contributed by atoms with Crippen molar-refractivity contribution in [2.24, 2.45) is 0 Å². The van der Waals surface area contributed by atoms with Crippen molar-refractivity contribution < 1.29 is 0 Å². The van der Waals surface area contributed by atoms with Crippen LogP contribution in [0.25, 0.3) is 0 Å². The highest BCUT2D eigenvalue weighted by Gasteiger charge is 2.19. The fourth-order valence-corrected chi connectivity index (χ4v) is 2.89. The average Bonchev–Trinajstić information content (AvgIpc) is 3.09. The van der Waals surface area contributed by atoms with Gasteiger partial charge in [-0.15, -0.1) is 0 Å². The molecule has 1 aliphatic rings. The molecular formula is C17H23N3. The highest BCUT2D eigenvalue weighted by molar-refractivity contribution is 5.25. The predicted molar refractivity (Wildman–Crippen MR) is 81.8 cm³/mol. The summed E-state index contributed by atoms with van der Waals surface area (Å²) in [7, 11) is 0. The molecular weight excluding hydrogens is 246 g/mol. The summed E-state index contributed by atoms with van der Waals surface area (Å²) in [6.45, 7) is 6.49. The minimum atomic E-state index is 0.479. The molecule has 0 radical (unpaired) electrons. The number of hydrogen-bond acceptors (Lipinski definition) is 2. The van der Waals surface area contributed by atoms with E-state index in [2.05, 4.69) is 53.0 Å². The lowest BCUT2D eigenvalue weighted by Crippen LogP contribution is -2.17. The molecule has 1 fully saturated rings. The smallest absolute Gasteiger partial charge is 0.0951 e. The number of imidazole rings is 1. The van der Waals surface area contributed by atoms with Crippen LogP contribution in [0.3, 0.4) is 0 Å². The van der Waals surface area contributed by atoms with E-state index in [1.54, 1.807) is 0 Å². The van der Waals surface area contributed by atoms with Crippen LogP contribution in [-0.2, 0) is 6.54 Å². The van der Waals surface area contributed by atoms with Gasteiger partial charge < -0.3 is 9.88 Å². The van der Waals surface area contributed by atoms with E-state index in [9.17, 15) is 0 Å². The van der Waals surface area contributed by atoms with Gasteiger partial charge in [-0.25, -0.2) is 4.98 Å². The van der Waals surface area contributed by atoms with Crippen LogP contribution in [-0.4, -0.2) is 16.1 Å². The summed E-state index contributed by atoms with van der Waals surface area (Å²) in [6.07, 6.45) is 6.44. The summed E-state index contributed by atoms with van der Waals surface area (Å²) in [5, 5.41) is 3.55. The molecule has 0 unspecified atom stereocenters. The molecule has 1 N–H and O–H groups in total. The fraction of sp³-hybridized carbons (Fsp3) is 0.471. The molecule has 1 saturated heterocycles. The van der Waals surface area contributed by atoms with Crippen molar-refractivity contribution >= 4 is 0 Å². The van der Waals surface area contributed by atoms with Gasteiger partial charge in [-0.3, -0.25) is 0 Å². The van der Waals surface area contributed by atoms with Crippen LogP contribution in [0, 0.1) is 0 Å². The van der Waals surface area contributed by atoms with Crippen molar-refractivity contribution in [3.8, 4) is 0 Å². The Bertz CT molecular complexity index is 548. The van der Waals surface area contributed by atoms with E-state index in [1.807, 2.05) is 12.5 Å². The Kier molecular flexibility index (Phi) is 3.88. The van der Waals surface area contributed by atoms with Gasteiger partial charge in [0.1, 0.15) is 0 Å². The third-order valence-electron chi connectivity index (χ3n) is 4.16. The molecule has 0 aliphatic carbocycles. The number of nitrogens with one attached hydrogen (secondary N) is 1. The summed E-state index contributed by atoms with van der Waals surface area (Å²) in [5.74, 6) is 0.593. The van der Waals surface area contributed by atoms with E-state index in [0.717, 1.165) is 13.1 Å². The lowest BCUT2D eigenvalue weighted by atomic mass is 10.0. The van der Waals surface area contributed by atoms with Gasteiger partial charge in [0.05, 0.1) is 12.0 Å². The van der Waals surface area contributed by atoms with Crippen LogP contribution in [0.1, 0.15) is 55.5 Å². The molecule has 3 heteroatoms. The SMILES string of the molecule is CC(C)c1ccc(Cn2cncc2[C@@H]2CCCN2)cc1. The Balaban J connectivity index is 1.76. The zero-order valence-corrected chi connectivity index (χ0v) is 12.3. The molecule has 1 aromatic heterocycles. The molecule has 1 aliphatic heterocycles. The van der Waals surface area contributed by atoms with Gasteiger partial charge in [-0.2, -0.15) is 0 Å². The van der Waals surface area contributed by atoms with Crippen LogP contribution < -0.4 is 5.32 Å². The summed E-state index contributed by atoms with van der Waals surface area (Å²) >= 11 is 0. The van der Waals surface area contributed by atoms with E-state index in [-0.39, 0.29) is 0 Å². The molecule has 2 aromatic rings. The van der Waals surface area contributed by atoms with Crippen LogP contribution >= 0.6 is 0 Å². The summed E-state index contributed by atoms with van der Waals surface area (Å²) in [6, 6.07) is 9.43. The normalized spacial score (nSPS) is 18.9. The first kappa shape index (κ1) is 13.4. The van der Waals surface area contributed by atoms with Gasteiger partial charge in [-0.1, -0.05) is 38.1 Å². The number of benzene rings is 1. The maximum Gasteiger partial charge on any atom is 0.0951 e. The zero-order valence-electron chi connectivity index (χ0n) is 12.3. The van der Waals surface area contributed by atoms with Crippen molar-refractivity contribution in [2.75, 3.05) is 6.54 Å². The van der Waals surface area contributed by atoms with E-state index in [4.69, 9.17) is 0 Å². The van der Waals surface area contributed by atoms with E-state index in [1.165, 1.54) is 29.7 Å². The minimum absolute atomic E-state index is 0.479. The molecule has 0 amide bonds. The Hall–Kier alpha value is -1.61. The van der Waals surface area contributed by atoms with Crippen molar-refractivity contribution in [2.45, 2.75) is 45.2 Å². The van der Waals surface area contributed by atoms with Crippen LogP contribution in [0.2, 0.25) is 0 Å². The van der Waals surface area contributed by atoms with Crippen molar-refractivity contribution in [3.63, 3.8) is 0 Å². The second kappa shape index (κ2) is 5.80. The lowest BCUT2D eigenvalue weighted by molar-refractivity contribution is 0.584. The Labute approximate surface area is 121 Å². The molecule has 1 atom stereocenters. The highest BCUT2D eigenvalue weighted by Crippen LogP contribution is 2.23. The van der Waals surface area contributed by atoms with Crippen molar-refractivity contribution in [1.82, 2.24) is 14.9 Å². The van der Waals surface area contributed by atoms with E-state index < -0.39 is 0 Å². The second-order valence-electron chi connectivity index (χ2n) is 5.99. The minimum Gasteiger partial charge on any atom is -0.329 e. The second-order valence-corrected chi connectivity index (χ2v) is 5.99. The third-order valence-corrected chi connectivity index (χ3v) is 4.16. The van der Waals surface area contributed by atoms with Gasteiger partial charge in [0.2, 0.25) is 0 Å². The summed E-state index contributed by atoms with van der Waals surface area (Å²) in [5.41, 5.74) is 4.05. The average molecular weight is 269 g/mol. The molecule has 0 spiro atoms. The number of hydrogen-bond donors (Lipinski definition) is 1. The number of rotatable bonds is 4.